The number of aliphatic hydroxyl groups is 9. The first-order valence-corrected chi connectivity index (χ1v) is 39.9. The van der Waals surface area contributed by atoms with E-state index in [2.05, 4.69) is 31.9 Å². The lowest BCUT2D eigenvalue weighted by atomic mass is 9.97. The van der Waals surface area contributed by atoms with E-state index >= 15 is 0 Å². The van der Waals surface area contributed by atoms with Crippen LogP contribution in [0.5, 0.6) is 0 Å². The molecule has 3 rings (SSSR count). The Kier molecular flexibility index (Phi) is 49.2. The average molecular weight is 1600 g/mol. The maximum Gasteiger partial charge on any atom is 0.240 e. The summed E-state index contributed by atoms with van der Waals surface area (Å²) in [6.45, 7) is 1.72. The number of nitrogens with two attached hydrogens (primary N) is 3. The van der Waals surface area contributed by atoms with E-state index in [9.17, 15) is 89.1 Å². The second kappa shape index (κ2) is 54.1. The average Bonchev–Trinajstić information content (AvgIpc) is 0.823. The van der Waals surface area contributed by atoms with E-state index in [1.807, 2.05) is 0 Å². The van der Waals surface area contributed by atoms with Crippen molar-refractivity contribution < 1.29 is 146 Å². The minimum absolute atomic E-state index is 0.00970. The number of hydrogen-bond donors (Lipinski definition) is 18. The quantitative estimate of drug-likeness (QED) is 0.0199. The van der Waals surface area contributed by atoms with Crippen molar-refractivity contribution >= 4 is 118 Å². The van der Waals surface area contributed by atoms with Crippen LogP contribution in [0.15, 0.2) is 0 Å². The number of nitrogens with one attached hydrogen (secondary N) is 6. The summed E-state index contributed by atoms with van der Waals surface area (Å²) in [6, 6.07) is -6.99. The summed E-state index contributed by atoms with van der Waals surface area (Å²) in [7, 11) is 7.47. The molecule has 18 atom stereocenters. The molecule has 0 bridgehead atoms. The highest BCUT2D eigenvalue weighted by atomic mass is 33.1. The summed E-state index contributed by atoms with van der Waals surface area (Å²) in [4.78, 5) is 115. The van der Waals surface area contributed by atoms with E-state index in [-0.39, 0.29) is 116 Å². The van der Waals surface area contributed by atoms with E-state index in [1.165, 1.54) is 85.5 Å². The fourth-order valence-electron chi connectivity index (χ4n) is 9.36. The highest BCUT2D eigenvalue weighted by Gasteiger charge is 2.48. The molecule has 18 unspecified atom stereocenters. The van der Waals surface area contributed by atoms with Crippen LogP contribution < -0.4 is 49.1 Å². The van der Waals surface area contributed by atoms with Gasteiger partial charge in [-0.05, 0) is 0 Å². The fourth-order valence-corrected chi connectivity index (χ4v) is 15.5. The van der Waals surface area contributed by atoms with E-state index in [0.717, 1.165) is 4.90 Å². The van der Waals surface area contributed by atoms with Crippen LogP contribution in [-0.2, 0) is 100.0 Å². The van der Waals surface area contributed by atoms with E-state index in [0.29, 0.717) is 17.3 Å². The first kappa shape index (κ1) is 93.7. The van der Waals surface area contributed by atoms with Gasteiger partial charge in [0.2, 0.25) is 53.2 Å². The second-order valence-corrected chi connectivity index (χ2v) is 30.5. The van der Waals surface area contributed by atoms with Gasteiger partial charge in [0.25, 0.3) is 0 Å². The molecule has 0 radical (unpaired) electrons. The molecule has 3 aliphatic heterocycles. The lowest BCUT2D eigenvalue weighted by molar-refractivity contribution is -0.272. The van der Waals surface area contributed by atoms with Gasteiger partial charge in [0.1, 0.15) is 91.2 Å². The third-order valence-corrected chi connectivity index (χ3v) is 21.6. The van der Waals surface area contributed by atoms with Gasteiger partial charge in [-0.2, -0.15) is 0 Å². The van der Waals surface area contributed by atoms with Crippen LogP contribution in [0.25, 0.3) is 0 Å². The number of carbonyl (C=O) groups excluding carboxylic acids is 9. The predicted octanol–water partition coefficient (Wildman–Crippen LogP) is -9.68. The topological polar surface area (TPSA) is 600 Å². The molecule has 0 saturated carbocycles. The van der Waals surface area contributed by atoms with Crippen LogP contribution in [0.1, 0.15) is 20.8 Å². The van der Waals surface area contributed by atoms with Gasteiger partial charge in [-0.15, -0.1) is 0 Å². The van der Waals surface area contributed by atoms with Crippen molar-refractivity contribution in [1.29, 1.82) is 0 Å². The molecule has 3 heterocycles. The van der Waals surface area contributed by atoms with E-state index < -0.39 is 203 Å². The number of amides is 9. The van der Waals surface area contributed by atoms with E-state index in [1.54, 1.807) is 0 Å². The highest BCUT2D eigenvalue weighted by Crippen LogP contribution is 2.27. The van der Waals surface area contributed by atoms with Crippen molar-refractivity contribution in [3.05, 3.63) is 0 Å². The summed E-state index contributed by atoms with van der Waals surface area (Å²) in [5, 5.41) is 105. The largest absolute Gasteiger partial charge is 0.394 e. The third kappa shape index (κ3) is 37.9. The van der Waals surface area contributed by atoms with Gasteiger partial charge >= 0.3 is 0 Å². The molecule has 0 aliphatic carbocycles. The molecule has 3 aliphatic rings. The zero-order valence-corrected chi connectivity index (χ0v) is 62.1. The Morgan fingerprint density at radius 1 is 0.369 bits per heavy atom. The van der Waals surface area contributed by atoms with Gasteiger partial charge in [-0.3, -0.25) is 48.1 Å². The van der Waals surface area contributed by atoms with E-state index in [4.69, 9.17) is 74.0 Å². The minimum Gasteiger partial charge on any atom is -0.394 e. The maximum absolute atomic E-state index is 13.6. The van der Waals surface area contributed by atoms with Crippen molar-refractivity contribution in [3.8, 4) is 0 Å². The van der Waals surface area contributed by atoms with Crippen molar-refractivity contribution in [2.45, 2.75) is 131 Å². The summed E-state index contributed by atoms with van der Waals surface area (Å²) in [5.74, 6) is -5.43. The molecule has 0 aromatic rings. The second-order valence-electron chi connectivity index (χ2n) is 22.6. The molecule has 596 valence electrons. The molecule has 40 nitrogen and oxygen atoms in total. The Balaban J connectivity index is 1.46. The smallest absolute Gasteiger partial charge is 0.240 e. The number of rotatable bonds is 57. The lowest BCUT2D eigenvalue weighted by Gasteiger charge is -2.42. The van der Waals surface area contributed by atoms with Crippen LogP contribution in [0.3, 0.4) is 0 Å². The molecule has 0 aromatic carbocycles. The molecule has 0 spiro atoms. The molecular weight excluding hydrogens is 1500 g/mol. The van der Waals surface area contributed by atoms with Crippen LogP contribution in [-0.4, -0.2) is 387 Å². The molecular formula is C57H102N10O30S6. The minimum atomic E-state index is -1.46. The molecule has 21 N–H and O–H groups in total. The number of carbonyl (C=O) groups is 9. The monoisotopic (exact) mass is 1600 g/mol. The predicted molar refractivity (Wildman–Crippen MR) is 373 cm³/mol. The Bertz CT molecular complexity index is 2250. The Morgan fingerprint density at radius 3 is 0.825 bits per heavy atom. The van der Waals surface area contributed by atoms with Crippen LogP contribution in [0, 0.1) is 0 Å². The zero-order chi connectivity index (χ0) is 76.2. The van der Waals surface area contributed by atoms with Gasteiger partial charge in [0.05, 0.1) is 139 Å². The number of aliphatic hydroxyl groups excluding tert-OH is 9. The van der Waals surface area contributed by atoms with Crippen molar-refractivity contribution in [2.75, 3.05) is 173 Å². The SMILES string of the molecule is CC(=O)NC1C(OCCOCCOCCSSCC(NC(=O)CN(CC(=O)NC(CSSCCOCCOCCOC2OC(CO)C(O)C(O)C2NC(C)=O)C(N)=O)CC(=O)NC(CSSCCOCCOCCOC2OC(CO)C(O)C(O)C2NC(C)=O)C(N)=O)C(N)=O)OC(CO)C(O)C1O. The third-order valence-electron chi connectivity index (χ3n) is 14.4. The summed E-state index contributed by atoms with van der Waals surface area (Å²) >= 11 is 0. The van der Waals surface area contributed by atoms with Gasteiger partial charge < -0.3 is 152 Å². The maximum atomic E-state index is 13.6. The summed E-state index contributed by atoms with van der Waals surface area (Å²) < 4.78 is 66.7. The van der Waals surface area contributed by atoms with Gasteiger partial charge in [-0.25, -0.2) is 0 Å². The number of nitrogens with zero attached hydrogens (tertiary/aromatic N) is 1. The first-order valence-electron chi connectivity index (χ1n) is 32.4. The van der Waals surface area contributed by atoms with Crippen molar-refractivity contribution in [2.24, 2.45) is 17.2 Å². The highest BCUT2D eigenvalue weighted by molar-refractivity contribution is 8.77. The molecule has 103 heavy (non-hydrogen) atoms. The first-order chi connectivity index (χ1) is 49.2. The Morgan fingerprint density at radius 2 is 0.602 bits per heavy atom. The van der Waals surface area contributed by atoms with Gasteiger partial charge in [-0.1, -0.05) is 64.8 Å². The lowest BCUT2D eigenvalue weighted by Crippen LogP contribution is -2.64. The van der Waals surface area contributed by atoms with Crippen LogP contribution >= 0.6 is 64.8 Å². The van der Waals surface area contributed by atoms with Gasteiger partial charge in [0.15, 0.2) is 18.9 Å². The molecule has 0 aromatic heterocycles. The number of ether oxygens (including phenoxy) is 12. The molecule has 9 amide bonds. The van der Waals surface area contributed by atoms with Crippen molar-refractivity contribution in [3.63, 3.8) is 0 Å². The summed E-state index contributed by atoms with van der Waals surface area (Å²) in [5.41, 5.74) is 17.0. The Hall–Kier alpha value is -3.55. The molecule has 3 fully saturated rings. The van der Waals surface area contributed by atoms with Crippen molar-refractivity contribution in [1.82, 2.24) is 36.8 Å². The number of hydrogen-bond acceptors (Lipinski definition) is 37. The Labute approximate surface area is 618 Å². The number of primary amides is 3. The normalized spacial score (nSPS) is 25.8. The standard InChI is InChI=1S/C57H102N10O30S6/c1-31(71)61-43-49(80)46(77)37(25-68)95-55(43)92-13-10-86-4-7-89-16-19-98-101-28-34(52(58)83)64-40(74)22-67(23-41(75)65-35(53(59)84)29-102-99-20-17-90-8-5-87-11-14-93-56-44(62-32(2)72)50(81)47(78)38(26-69)96-56)24-42(76)66-36(54(60)85)30-103-100-21-18-91-9-6-88-12-15-94-57-45(63-33(3)73)51(82)48(79)39(27-70)97-57/h34-39,43-51,55-57,68-70,77-82H,4-30H2,1-3H3,(H2,58,83)(H2,59,84)(H2,60,85)(H,61,71)(H,62,72)(H,63,73)(H,64,74)(H,65,75)(H,66,76). The zero-order valence-electron chi connectivity index (χ0n) is 57.2. The summed E-state index contributed by atoms with van der Waals surface area (Å²) in [6.07, 6.45) is -15.7. The molecule has 3 saturated heterocycles. The van der Waals surface area contributed by atoms with Gasteiger partial charge in [0, 0.05) is 55.3 Å². The molecule has 46 heteroatoms. The fraction of sp³-hybridized carbons (Fsp3) is 0.842. The van der Waals surface area contributed by atoms with Crippen LogP contribution in [0.2, 0.25) is 0 Å². The van der Waals surface area contributed by atoms with Crippen LogP contribution in [0.4, 0.5) is 0 Å².